The number of halogens is 1. The molecule has 3 aromatic rings. The number of hydrogen-bond donors (Lipinski definition) is 0. The van der Waals surface area contributed by atoms with Crippen molar-refractivity contribution in [1.29, 1.82) is 0 Å². The van der Waals surface area contributed by atoms with Crippen LogP contribution in [0.15, 0.2) is 60.0 Å². The second-order valence-corrected chi connectivity index (χ2v) is 8.37. The molecule has 1 saturated heterocycles. The van der Waals surface area contributed by atoms with Crippen LogP contribution < -0.4 is 0 Å². The number of rotatable bonds is 7. The number of likely N-dealkylation sites (tertiary alicyclic amines) is 1. The Hall–Kier alpha value is -1.39. The lowest BCUT2D eigenvalue weighted by Crippen LogP contribution is -2.29. The molecule has 2 aromatic carbocycles. The molecule has 0 bridgehead atoms. The van der Waals surface area contributed by atoms with Crippen LogP contribution in [0.25, 0.3) is 10.1 Å². The average Bonchev–Trinajstić information content (AvgIpc) is 3.34. The molecule has 1 aliphatic rings. The first kappa shape index (κ1) is 20.3. The highest BCUT2D eigenvalue weighted by atomic mass is 35.5. The quantitative estimate of drug-likeness (QED) is 0.481. The van der Waals surface area contributed by atoms with Crippen LogP contribution in [-0.2, 0) is 6.54 Å². The van der Waals surface area contributed by atoms with Crippen molar-refractivity contribution >= 4 is 33.8 Å². The summed E-state index contributed by atoms with van der Waals surface area (Å²) in [5.74, 6) is 0. The van der Waals surface area contributed by atoms with E-state index in [1.807, 2.05) is 11.3 Å². The summed E-state index contributed by atoms with van der Waals surface area (Å²) >= 11 is 1.90. The predicted molar refractivity (Wildman–Crippen MR) is 120 cm³/mol. The third kappa shape index (κ3) is 4.91. The molecule has 0 spiro atoms. The predicted octanol–water partition coefficient (Wildman–Crippen LogP) is 5.98. The summed E-state index contributed by atoms with van der Waals surface area (Å²) in [5.41, 5.74) is 2.94. The first-order valence-corrected chi connectivity index (χ1v) is 10.6. The minimum absolute atomic E-state index is 0. The van der Waals surface area contributed by atoms with Crippen molar-refractivity contribution in [2.45, 2.75) is 31.8 Å². The van der Waals surface area contributed by atoms with Crippen molar-refractivity contribution in [3.63, 3.8) is 0 Å². The number of benzene rings is 2. The Balaban J connectivity index is 0.00000210. The fourth-order valence-corrected chi connectivity index (χ4v) is 5.17. The highest BCUT2D eigenvalue weighted by Crippen LogP contribution is 2.36. The van der Waals surface area contributed by atoms with E-state index < -0.39 is 0 Å². The van der Waals surface area contributed by atoms with Crippen LogP contribution in [0.3, 0.4) is 0 Å². The molecule has 0 radical (unpaired) electrons. The zero-order valence-electron chi connectivity index (χ0n) is 16.0. The molecule has 0 amide bonds. The minimum Gasteiger partial charge on any atom is -0.302 e. The minimum atomic E-state index is 0. The van der Waals surface area contributed by atoms with E-state index in [-0.39, 0.29) is 12.4 Å². The summed E-state index contributed by atoms with van der Waals surface area (Å²) in [5, 5.41) is 3.87. The zero-order chi connectivity index (χ0) is 17.8. The van der Waals surface area contributed by atoms with E-state index in [1.54, 1.807) is 5.56 Å². The molecular weight excluding hydrogens is 372 g/mol. The van der Waals surface area contributed by atoms with Crippen molar-refractivity contribution in [2.24, 2.45) is 0 Å². The number of fused-ring (bicyclic) bond motifs is 1. The molecule has 1 aliphatic heterocycles. The van der Waals surface area contributed by atoms with Crippen molar-refractivity contribution in [3.05, 3.63) is 71.1 Å². The Morgan fingerprint density at radius 2 is 1.70 bits per heavy atom. The molecule has 0 saturated carbocycles. The molecule has 0 aliphatic carbocycles. The standard InChI is InChI=1S/C23H28N2S.ClH/c1-24(17-19-9-3-2-4-10-19)16-13-22(25-14-7-8-15-25)21-18-26-23-12-6-5-11-20(21)23;/h2-6,9-12,18,22H,7-8,13-17H2,1H3;1H. The molecule has 1 aromatic heterocycles. The van der Waals surface area contributed by atoms with Crippen LogP contribution in [0.2, 0.25) is 0 Å². The van der Waals surface area contributed by atoms with Gasteiger partial charge in [-0.25, -0.2) is 0 Å². The molecule has 2 nitrogen and oxygen atoms in total. The maximum absolute atomic E-state index is 2.71. The van der Waals surface area contributed by atoms with E-state index >= 15 is 0 Å². The van der Waals surface area contributed by atoms with Gasteiger partial charge < -0.3 is 4.90 Å². The molecule has 1 atom stereocenters. The molecule has 2 heterocycles. The van der Waals surface area contributed by atoms with Gasteiger partial charge in [0, 0.05) is 17.3 Å². The zero-order valence-corrected chi connectivity index (χ0v) is 17.6. The van der Waals surface area contributed by atoms with E-state index in [0.717, 1.165) is 13.1 Å². The van der Waals surface area contributed by atoms with E-state index in [1.165, 1.54) is 48.0 Å². The van der Waals surface area contributed by atoms with Crippen LogP contribution in [0.1, 0.15) is 36.4 Å². The smallest absolute Gasteiger partial charge is 0.0374 e. The maximum atomic E-state index is 2.71. The Labute approximate surface area is 173 Å². The summed E-state index contributed by atoms with van der Waals surface area (Å²) < 4.78 is 1.42. The summed E-state index contributed by atoms with van der Waals surface area (Å²) in [4.78, 5) is 5.18. The van der Waals surface area contributed by atoms with Crippen LogP contribution in [0, 0.1) is 0 Å². The van der Waals surface area contributed by atoms with E-state index in [4.69, 9.17) is 0 Å². The van der Waals surface area contributed by atoms with Crippen LogP contribution >= 0.6 is 23.7 Å². The molecule has 4 heteroatoms. The number of hydrogen-bond acceptors (Lipinski definition) is 3. The van der Waals surface area contributed by atoms with Gasteiger partial charge in [-0.1, -0.05) is 48.5 Å². The number of thiophene rings is 1. The lowest BCUT2D eigenvalue weighted by Gasteiger charge is -2.29. The largest absolute Gasteiger partial charge is 0.302 e. The normalized spacial score (nSPS) is 15.9. The Morgan fingerprint density at radius 1 is 1.00 bits per heavy atom. The monoisotopic (exact) mass is 400 g/mol. The van der Waals surface area contributed by atoms with Gasteiger partial charge in [-0.15, -0.1) is 23.7 Å². The van der Waals surface area contributed by atoms with Crippen molar-refractivity contribution in [1.82, 2.24) is 9.80 Å². The van der Waals surface area contributed by atoms with E-state index in [0.29, 0.717) is 6.04 Å². The third-order valence-corrected chi connectivity index (χ3v) is 6.51. The first-order chi connectivity index (χ1) is 12.8. The molecule has 1 fully saturated rings. The van der Waals surface area contributed by atoms with Gasteiger partial charge in [0.25, 0.3) is 0 Å². The fraction of sp³-hybridized carbons (Fsp3) is 0.391. The van der Waals surface area contributed by atoms with Gasteiger partial charge >= 0.3 is 0 Å². The number of nitrogens with zero attached hydrogens (tertiary/aromatic N) is 2. The lowest BCUT2D eigenvalue weighted by molar-refractivity contribution is 0.205. The third-order valence-electron chi connectivity index (χ3n) is 5.53. The summed E-state index contributed by atoms with van der Waals surface area (Å²) in [6.45, 7) is 4.65. The lowest BCUT2D eigenvalue weighted by atomic mass is 10.0. The Kier molecular flexibility index (Phi) is 7.31. The SMILES string of the molecule is CN(CCC(c1csc2ccccc12)N1CCCC1)Cc1ccccc1.Cl. The second-order valence-electron chi connectivity index (χ2n) is 7.46. The average molecular weight is 401 g/mol. The Morgan fingerprint density at radius 3 is 2.48 bits per heavy atom. The van der Waals surface area contributed by atoms with Crippen molar-refractivity contribution < 1.29 is 0 Å². The Bertz CT molecular complexity index is 827. The van der Waals surface area contributed by atoms with Crippen molar-refractivity contribution in [2.75, 3.05) is 26.7 Å². The topological polar surface area (TPSA) is 6.48 Å². The van der Waals surface area contributed by atoms with Crippen molar-refractivity contribution in [3.8, 4) is 0 Å². The molecule has 27 heavy (non-hydrogen) atoms. The van der Waals surface area contributed by atoms with Gasteiger partial charge in [-0.3, -0.25) is 4.90 Å². The first-order valence-electron chi connectivity index (χ1n) is 9.74. The summed E-state index contributed by atoms with van der Waals surface area (Å²) in [6.07, 6.45) is 3.89. The van der Waals surface area contributed by atoms with Crippen LogP contribution in [0.4, 0.5) is 0 Å². The van der Waals surface area contributed by atoms with Gasteiger partial charge in [-0.05, 0) is 73.9 Å². The summed E-state index contributed by atoms with van der Waals surface area (Å²) in [7, 11) is 2.25. The second kappa shape index (κ2) is 9.70. The van der Waals surface area contributed by atoms with E-state index in [2.05, 4.69) is 76.8 Å². The highest BCUT2D eigenvalue weighted by molar-refractivity contribution is 7.17. The van der Waals surface area contributed by atoms with Crippen LogP contribution in [-0.4, -0.2) is 36.5 Å². The van der Waals surface area contributed by atoms with Gasteiger partial charge in [0.05, 0.1) is 0 Å². The van der Waals surface area contributed by atoms with Gasteiger partial charge in [0.2, 0.25) is 0 Å². The van der Waals surface area contributed by atoms with Gasteiger partial charge in [0.15, 0.2) is 0 Å². The van der Waals surface area contributed by atoms with Gasteiger partial charge in [-0.2, -0.15) is 0 Å². The maximum Gasteiger partial charge on any atom is 0.0374 e. The molecule has 1 unspecified atom stereocenters. The van der Waals surface area contributed by atoms with Gasteiger partial charge in [0.1, 0.15) is 0 Å². The fourth-order valence-electron chi connectivity index (χ4n) is 4.16. The highest BCUT2D eigenvalue weighted by Gasteiger charge is 2.25. The molecule has 0 N–H and O–H groups in total. The van der Waals surface area contributed by atoms with E-state index in [9.17, 15) is 0 Å². The molecular formula is C23H29ClN2S. The van der Waals surface area contributed by atoms with Crippen LogP contribution in [0.5, 0.6) is 0 Å². The summed E-state index contributed by atoms with van der Waals surface area (Å²) in [6, 6.07) is 20.2. The molecule has 4 rings (SSSR count). The molecule has 144 valence electrons.